The highest BCUT2D eigenvalue weighted by atomic mass is 32.1. The lowest BCUT2D eigenvalue weighted by atomic mass is 10.1. The first-order chi connectivity index (χ1) is 8.75. The highest BCUT2D eigenvalue weighted by Gasteiger charge is 2.31. The van der Waals surface area contributed by atoms with E-state index in [1.54, 1.807) is 11.3 Å². The zero-order valence-electron chi connectivity index (χ0n) is 9.68. The molecule has 1 aliphatic heterocycles. The van der Waals surface area contributed by atoms with Crippen molar-refractivity contribution in [1.82, 2.24) is 14.9 Å². The maximum atomic E-state index is 12.3. The van der Waals surface area contributed by atoms with E-state index < -0.39 is 0 Å². The number of nitrogens with zero attached hydrogens (tertiary/aromatic N) is 1. The van der Waals surface area contributed by atoms with Crippen molar-refractivity contribution in [1.29, 1.82) is 0 Å². The summed E-state index contributed by atoms with van der Waals surface area (Å²) >= 11 is 1.64. The fraction of sp³-hybridized carbons (Fsp3) is 0.333. The quantitative estimate of drug-likeness (QED) is 0.866. The summed E-state index contributed by atoms with van der Waals surface area (Å²) in [7, 11) is 0. The molecule has 0 bridgehead atoms. The number of aromatic nitrogens is 2. The fourth-order valence-electron chi connectivity index (χ4n) is 2.42. The second-order valence-electron chi connectivity index (χ2n) is 4.37. The van der Waals surface area contributed by atoms with E-state index in [1.807, 2.05) is 10.3 Å². The Kier molecular flexibility index (Phi) is 2.79. The Morgan fingerprint density at radius 1 is 1.50 bits per heavy atom. The first kappa shape index (κ1) is 11.3. The standard InChI is InChI=1S/C12H13N3O2S/c16-11(9-6-13-12(17)14-9)15-4-1-2-10(15)8-3-5-18-7-8/h3,5-7,10H,1-2,4H2,(H2,13,14,17). The largest absolute Gasteiger partial charge is 0.330 e. The summed E-state index contributed by atoms with van der Waals surface area (Å²) < 4.78 is 0. The molecule has 3 heterocycles. The molecule has 94 valence electrons. The van der Waals surface area contributed by atoms with Gasteiger partial charge in [-0.05, 0) is 35.2 Å². The molecule has 1 atom stereocenters. The lowest BCUT2D eigenvalue weighted by molar-refractivity contribution is 0.0730. The molecule has 0 saturated carbocycles. The SMILES string of the molecule is O=C(c1c[nH]c(=O)[nH]1)N1CCCC1c1ccsc1. The maximum Gasteiger partial charge on any atom is 0.323 e. The van der Waals surface area contributed by atoms with Gasteiger partial charge in [0.25, 0.3) is 5.91 Å². The molecule has 3 rings (SSSR count). The first-order valence-corrected chi connectivity index (χ1v) is 6.81. The Hall–Kier alpha value is -1.82. The minimum Gasteiger partial charge on any atom is -0.330 e. The minimum absolute atomic E-state index is 0.109. The van der Waals surface area contributed by atoms with Crippen LogP contribution in [0.5, 0.6) is 0 Å². The Morgan fingerprint density at radius 3 is 3.06 bits per heavy atom. The Bertz CT molecular complexity index is 599. The molecule has 1 fully saturated rings. The first-order valence-electron chi connectivity index (χ1n) is 5.86. The number of imidazole rings is 1. The van der Waals surface area contributed by atoms with E-state index in [-0.39, 0.29) is 17.6 Å². The fourth-order valence-corrected chi connectivity index (χ4v) is 3.13. The predicted molar refractivity (Wildman–Crippen MR) is 68.7 cm³/mol. The molecule has 1 saturated heterocycles. The number of thiophene rings is 1. The van der Waals surface area contributed by atoms with E-state index in [4.69, 9.17) is 0 Å². The molecule has 2 N–H and O–H groups in total. The zero-order chi connectivity index (χ0) is 12.5. The molecule has 5 nitrogen and oxygen atoms in total. The van der Waals surface area contributed by atoms with E-state index in [9.17, 15) is 9.59 Å². The number of hydrogen-bond donors (Lipinski definition) is 2. The number of carbonyl (C=O) groups is 1. The predicted octanol–water partition coefficient (Wildman–Crippen LogP) is 1.74. The molecule has 6 heteroatoms. The molecule has 0 radical (unpaired) electrons. The third kappa shape index (κ3) is 1.88. The summed E-state index contributed by atoms with van der Waals surface area (Å²) in [5, 5.41) is 4.10. The van der Waals surface area contributed by atoms with Crippen LogP contribution in [0.2, 0.25) is 0 Å². The third-order valence-electron chi connectivity index (χ3n) is 3.27. The van der Waals surface area contributed by atoms with Gasteiger partial charge in [0.15, 0.2) is 0 Å². The number of amides is 1. The van der Waals surface area contributed by atoms with Crippen molar-refractivity contribution in [2.75, 3.05) is 6.54 Å². The van der Waals surface area contributed by atoms with Crippen LogP contribution in [0.3, 0.4) is 0 Å². The van der Waals surface area contributed by atoms with Crippen LogP contribution in [0.25, 0.3) is 0 Å². The normalized spacial score (nSPS) is 19.3. The summed E-state index contributed by atoms with van der Waals surface area (Å²) in [5.74, 6) is -0.109. The van der Waals surface area contributed by atoms with Crippen molar-refractivity contribution >= 4 is 17.2 Å². The number of hydrogen-bond acceptors (Lipinski definition) is 3. The average molecular weight is 263 g/mol. The molecule has 0 aliphatic carbocycles. The van der Waals surface area contributed by atoms with Gasteiger partial charge in [0.05, 0.1) is 6.04 Å². The zero-order valence-corrected chi connectivity index (χ0v) is 10.5. The van der Waals surface area contributed by atoms with Crippen molar-refractivity contribution in [3.05, 3.63) is 44.8 Å². The molecule has 2 aromatic rings. The number of rotatable bonds is 2. The lowest BCUT2D eigenvalue weighted by Crippen LogP contribution is -2.30. The highest BCUT2D eigenvalue weighted by Crippen LogP contribution is 2.33. The average Bonchev–Trinajstić information content (AvgIpc) is 3.08. The molecule has 0 spiro atoms. The molecule has 1 aliphatic rings. The summed E-state index contributed by atoms with van der Waals surface area (Å²) in [6.45, 7) is 0.743. The van der Waals surface area contributed by atoms with Crippen molar-refractivity contribution in [3.63, 3.8) is 0 Å². The molecule has 18 heavy (non-hydrogen) atoms. The summed E-state index contributed by atoms with van der Waals surface area (Å²) in [6, 6.07) is 2.20. The van der Waals surface area contributed by atoms with Gasteiger partial charge >= 0.3 is 5.69 Å². The second kappa shape index (κ2) is 4.45. The maximum absolute atomic E-state index is 12.3. The Balaban J connectivity index is 1.87. The van der Waals surface area contributed by atoms with Crippen LogP contribution in [0.4, 0.5) is 0 Å². The van der Waals surface area contributed by atoms with Crippen molar-refractivity contribution in [2.24, 2.45) is 0 Å². The van der Waals surface area contributed by atoms with Gasteiger partial charge in [0.2, 0.25) is 0 Å². The smallest absolute Gasteiger partial charge is 0.323 e. The van der Waals surface area contributed by atoms with Gasteiger partial charge in [0, 0.05) is 12.7 Å². The van der Waals surface area contributed by atoms with Crippen LogP contribution in [0.15, 0.2) is 27.8 Å². The van der Waals surface area contributed by atoms with Gasteiger partial charge in [-0.15, -0.1) is 0 Å². The van der Waals surface area contributed by atoms with Gasteiger partial charge in [-0.25, -0.2) is 4.79 Å². The number of likely N-dealkylation sites (tertiary alicyclic amines) is 1. The number of nitrogens with one attached hydrogen (secondary N) is 2. The Morgan fingerprint density at radius 2 is 2.39 bits per heavy atom. The monoisotopic (exact) mass is 263 g/mol. The van der Waals surface area contributed by atoms with Gasteiger partial charge in [0.1, 0.15) is 5.69 Å². The molecule has 0 aromatic carbocycles. The van der Waals surface area contributed by atoms with Crippen LogP contribution < -0.4 is 5.69 Å². The third-order valence-corrected chi connectivity index (χ3v) is 3.97. The van der Waals surface area contributed by atoms with Gasteiger partial charge < -0.3 is 14.9 Å². The molecule has 1 unspecified atom stereocenters. The van der Waals surface area contributed by atoms with Crippen molar-refractivity contribution in [2.45, 2.75) is 18.9 Å². The highest BCUT2D eigenvalue weighted by molar-refractivity contribution is 7.07. The van der Waals surface area contributed by atoms with Gasteiger partial charge in [-0.1, -0.05) is 0 Å². The number of carbonyl (C=O) groups excluding carboxylic acids is 1. The molecule has 2 aromatic heterocycles. The molecule has 1 amide bonds. The van der Waals surface area contributed by atoms with Gasteiger partial charge in [-0.2, -0.15) is 11.3 Å². The van der Waals surface area contributed by atoms with E-state index >= 15 is 0 Å². The van der Waals surface area contributed by atoms with Crippen molar-refractivity contribution in [3.8, 4) is 0 Å². The van der Waals surface area contributed by atoms with Crippen LogP contribution in [-0.4, -0.2) is 27.3 Å². The lowest BCUT2D eigenvalue weighted by Gasteiger charge is -2.23. The van der Waals surface area contributed by atoms with Crippen molar-refractivity contribution < 1.29 is 4.79 Å². The van der Waals surface area contributed by atoms with E-state index in [0.29, 0.717) is 5.69 Å². The summed E-state index contributed by atoms with van der Waals surface area (Å²) in [4.78, 5) is 30.2. The Labute approximate surface area is 107 Å². The topological polar surface area (TPSA) is 69.0 Å². The molecular formula is C12H13N3O2S. The van der Waals surface area contributed by atoms with E-state index in [0.717, 1.165) is 19.4 Å². The van der Waals surface area contributed by atoms with Crippen LogP contribution in [0, 0.1) is 0 Å². The van der Waals surface area contributed by atoms with E-state index in [2.05, 4.69) is 21.4 Å². The summed E-state index contributed by atoms with van der Waals surface area (Å²) in [5.41, 5.74) is 1.18. The second-order valence-corrected chi connectivity index (χ2v) is 5.15. The summed E-state index contributed by atoms with van der Waals surface area (Å²) in [6.07, 6.45) is 3.42. The molecular weight excluding hydrogens is 250 g/mol. The van der Waals surface area contributed by atoms with Crippen LogP contribution in [-0.2, 0) is 0 Å². The van der Waals surface area contributed by atoms with Crippen LogP contribution in [0.1, 0.15) is 34.9 Å². The number of aromatic amines is 2. The van der Waals surface area contributed by atoms with Gasteiger partial charge in [-0.3, -0.25) is 4.79 Å². The van der Waals surface area contributed by atoms with Crippen LogP contribution >= 0.6 is 11.3 Å². The van der Waals surface area contributed by atoms with E-state index in [1.165, 1.54) is 11.8 Å². The minimum atomic E-state index is -0.343. The number of H-pyrrole nitrogens is 2.